The van der Waals surface area contributed by atoms with Gasteiger partial charge in [-0.05, 0) is 31.2 Å². The van der Waals surface area contributed by atoms with E-state index in [9.17, 15) is 4.79 Å². The van der Waals surface area contributed by atoms with E-state index in [0.717, 1.165) is 11.3 Å². The van der Waals surface area contributed by atoms with Crippen LogP contribution in [0.4, 0.5) is 0 Å². The lowest BCUT2D eigenvalue weighted by atomic mass is 10.1. The summed E-state index contributed by atoms with van der Waals surface area (Å²) < 4.78 is 1.55. The maximum Gasteiger partial charge on any atom is 0.184 e. The Kier molecular flexibility index (Phi) is 4.02. The monoisotopic (exact) mass is 311 g/mol. The van der Waals surface area contributed by atoms with Crippen molar-refractivity contribution in [3.8, 4) is 11.3 Å². The second-order valence-corrected chi connectivity index (χ2v) is 5.53. The lowest BCUT2D eigenvalue weighted by Gasteiger charge is -2.01. The maximum atomic E-state index is 12.2. The van der Waals surface area contributed by atoms with Gasteiger partial charge in [-0.2, -0.15) is 0 Å². The van der Waals surface area contributed by atoms with E-state index in [2.05, 4.69) is 10.3 Å². The Morgan fingerprint density at radius 2 is 1.77 bits per heavy atom. The van der Waals surface area contributed by atoms with E-state index < -0.39 is 0 Å². The molecule has 0 fully saturated rings. The van der Waals surface area contributed by atoms with Crippen molar-refractivity contribution >= 4 is 17.4 Å². The van der Waals surface area contributed by atoms with E-state index in [0.29, 0.717) is 10.6 Å². The third-order valence-corrected chi connectivity index (χ3v) is 3.61. The third-order valence-electron chi connectivity index (χ3n) is 3.36. The summed E-state index contributed by atoms with van der Waals surface area (Å²) in [7, 11) is 0. The molecule has 0 atom stereocenters. The molecular weight excluding hydrogens is 298 g/mol. The molecule has 4 nitrogen and oxygen atoms in total. The summed E-state index contributed by atoms with van der Waals surface area (Å²) in [5.74, 6) is -0.0305. The molecule has 0 aliphatic rings. The molecule has 0 unspecified atom stereocenters. The summed E-state index contributed by atoms with van der Waals surface area (Å²) in [6.07, 6.45) is 1.78. The Hall–Kier alpha value is -2.46. The summed E-state index contributed by atoms with van der Waals surface area (Å²) in [5, 5.41) is 8.74. The number of Topliss-reactive ketones (excluding diaryl/α,β-unsaturated/α-hetero) is 1. The van der Waals surface area contributed by atoms with Gasteiger partial charge in [0.2, 0.25) is 0 Å². The van der Waals surface area contributed by atoms with Gasteiger partial charge in [-0.1, -0.05) is 46.6 Å². The van der Waals surface area contributed by atoms with E-state index in [1.165, 1.54) is 5.56 Å². The van der Waals surface area contributed by atoms with Crippen LogP contribution >= 0.6 is 11.6 Å². The van der Waals surface area contributed by atoms with Crippen LogP contribution in [-0.2, 0) is 6.54 Å². The van der Waals surface area contributed by atoms with Crippen molar-refractivity contribution in [1.29, 1.82) is 0 Å². The van der Waals surface area contributed by atoms with Crippen LogP contribution in [0.5, 0.6) is 0 Å². The highest BCUT2D eigenvalue weighted by molar-refractivity contribution is 6.30. The number of carbonyl (C=O) groups excluding carboxylic acids is 1. The zero-order valence-corrected chi connectivity index (χ0v) is 12.8. The fraction of sp³-hybridized carbons (Fsp3) is 0.118. The molecule has 0 radical (unpaired) electrons. The normalized spacial score (nSPS) is 10.6. The van der Waals surface area contributed by atoms with Crippen LogP contribution in [0.15, 0.2) is 54.7 Å². The quantitative estimate of drug-likeness (QED) is 0.689. The zero-order valence-electron chi connectivity index (χ0n) is 12.0. The predicted octanol–water partition coefficient (Wildman–Crippen LogP) is 3.79. The van der Waals surface area contributed by atoms with E-state index in [1.807, 2.05) is 31.2 Å². The molecule has 3 aromatic rings. The zero-order chi connectivity index (χ0) is 15.5. The predicted molar refractivity (Wildman–Crippen MR) is 86.0 cm³/mol. The van der Waals surface area contributed by atoms with Gasteiger partial charge in [0.1, 0.15) is 12.2 Å². The average Bonchev–Trinajstić information content (AvgIpc) is 2.97. The number of aromatic nitrogens is 3. The molecule has 0 aliphatic heterocycles. The van der Waals surface area contributed by atoms with Gasteiger partial charge in [-0.3, -0.25) is 4.79 Å². The fourth-order valence-corrected chi connectivity index (χ4v) is 2.23. The second-order valence-electron chi connectivity index (χ2n) is 5.10. The molecule has 0 N–H and O–H groups in total. The highest BCUT2D eigenvalue weighted by Gasteiger charge is 2.09. The number of hydrogen-bond donors (Lipinski definition) is 0. The van der Waals surface area contributed by atoms with Crippen LogP contribution in [0.1, 0.15) is 15.9 Å². The van der Waals surface area contributed by atoms with Crippen molar-refractivity contribution in [1.82, 2.24) is 15.0 Å². The van der Waals surface area contributed by atoms with Crippen molar-refractivity contribution in [3.63, 3.8) is 0 Å². The van der Waals surface area contributed by atoms with Gasteiger partial charge in [0.15, 0.2) is 5.78 Å². The van der Waals surface area contributed by atoms with Crippen molar-refractivity contribution in [2.75, 3.05) is 0 Å². The van der Waals surface area contributed by atoms with Gasteiger partial charge in [0.25, 0.3) is 0 Å². The van der Waals surface area contributed by atoms with Crippen LogP contribution in [0.3, 0.4) is 0 Å². The first kappa shape index (κ1) is 14.5. The Morgan fingerprint density at radius 3 is 2.45 bits per heavy atom. The molecule has 0 saturated heterocycles. The topological polar surface area (TPSA) is 47.8 Å². The van der Waals surface area contributed by atoms with Gasteiger partial charge < -0.3 is 0 Å². The number of aryl methyl sites for hydroxylation is 1. The van der Waals surface area contributed by atoms with Crippen LogP contribution in [0.2, 0.25) is 5.02 Å². The number of rotatable bonds is 4. The number of carbonyl (C=O) groups is 1. The third kappa shape index (κ3) is 3.23. The number of hydrogen-bond acceptors (Lipinski definition) is 3. The standard InChI is InChI=1S/C17H14ClN3O/c1-12-2-4-13(5-3-12)16-10-21(20-19-16)11-17(22)14-6-8-15(18)9-7-14/h2-10H,11H2,1H3. The average molecular weight is 312 g/mol. The van der Waals surface area contributed by atoms with Gasteiger partial charge in [-0.25, -0.2) is 4.68 Å². The van der Waals surface area contributed by atoms with Crippen molar-refractivity contribution in [2.45, 2.75) is 13.5 Å². The van der Waals surface area contributed by atoms with Gasteiger partial charge >= 0.3 is 0 Å². The first-order chi connectivity index (χ1) is 10.6. The van der Waals surface area contributed by atoms with Gasteiger partial charge in [0, 0.05) is 16.1 Å². The molecule has 3 rings (SSSR count). The first-order valence-electron chi connectivity index (χ1n) is 6.88. The van der Waals surface area contributed by atoms with Crippen molar-refractivity contribution < 1.29 is 4.79 Å². The van der Waals surface area contributed by atoms with Crippen molar-refractivity contribution in [3.05, 3.63) is 70.9 Å². The number of nitrogens with zero attached hydrogens (tertiary/aromatic N) is 3. The Morgan fingerprint density at radius 1 is 1.09 bits per heavy atom. The molecule has 0 aliphatic carbocycles. The molecule has 2 aromatic carbocycles. The molecular formula is C17H14ClN3O. The van der Waals surface area contributed by atoms with Crippen LogP contribution < -0.4 is 0 Å². The minimum absolute atomic E-state index is 0.0305. The summed E-state index contributed by atoms with van der Waals surface area (Å²) >= 11 is 5.82. The Bertz CT molecular complexity index is 792. The minimum Gasteiger partial charge on any atom is -0.292 e. The van der Waals surface area contributed by atoms with E-state index in [1.54, 1.807) is 35.1 Å². The van der Waals surface area contributed by atoms with E-state index >= 15 is 0 Å². The number of halogens is 1. The first-order valence-corrected chi connectivity index (χ1v) is 7.25. The highest BCUT2D eigenvalue weighted by atomic mass is 35.5. The number of benzene rings is 2. The summed E-state index contributed by atoms with van der Waals surface area (Å²) in [6, 6.07) is 14.8. The SMILES string of the molecule is Cc1ccc(-c2cn(CC(=O)c3ccc(Cl)cc3)nn2)cc1. The largest absolute Gasteiger partial charge is 0.292 e. The fourth-order valence-electron chi connectivity index (χ4n) is 2.11. The van der Waals surface area contributed by atoms with Crippen LogP contribution in [0.25, 0.3) is 11.3 Å². The Balaban J connectivity index is 1.75. The van der Waals surface area contributed by atoms with Gasteiger partial charge in [-0.15, -0.1) is 5.10 Å². The van der Waals surface area contributed by atoms with Crippen LogP contribution in [-0.4, -0.2) is 20.8 Å². The summed E-state index contributed by atoms with van der Waals surface area (Å²) in [4.78, 5) is 12.2. The van der Waals surface area contributed by atoms with E-state index in [-0.39, 0.29) is 12.3 Å². The minimum atomic E-state index is -0.0305. The van der Waals surface area contributed by atoms with Crippen LogP contribution in [0, 0.1) is 6.92 Å². The molecule has 110 valence electrons. The molecule has 5 heteroatoms. The summed E-state index contributed by atoms with van der Waals surface area (Å²) in [6.45, 7) is 2.19. The molecule has 0 saturated carbocycles. The molecule has 22 heavy (non-hydrogen) atoms. The summed E-state index contributed by atoms with van der Waals surface area (Å²) in [5.41, 5.74) is 3.53. The molecule has 0 bridgehead atoms. The lowest BCUT2D eigenvalue weighted by Crippen LogP contribution is -2.10. The highest BCUT2D eigenvalue weighted by Crippen LogP contribution is 2.17. The molecule has 0 amide bonds. The molecule has 1 aromatic heterocycles. The maximum absolute atomic E-state index is 12.2. The number of ketones is 1. The smallest absolute Gasteiger partial charge is 0.184 e. The van der Waals surface area contributed by atoms with E-state index in [4.69, 9.17) is 11.6 Å². The lowest BCUT2D eigenvalue weighted by molar-refractivity contribution is 0.0967. The molecule has 1 heterocycles. The van der Waals surface area contributed by atoms with Crippen molar-refractivity contribution in [2.24, 2.45) is 0 Å². The van der Waals surface area contributed by atoms with Gasteiger partial charge in [0.05, 0.1) is 6.20 Å². The second kappa shape index (κ2) is 6.12. The molecule has 0 spiro atoms. The Labute approximate surface area is 133 Å².